The van der Waals surface area contributed by atoms with Gasteiger partial charge in [-0.15, -0.1) is 0 Å². The molecule has 31 heavy (non-hydrogen) atoms. The molecule has 2 atom stereocenters. The van der Waals surface area contributed by atoms with Gasteiger partial charge in [-0.25, -0.2) is 0 Å². The van der Waals surface area contributed by atoms with Crippen molar-refractivity contribution < 1.29 is 9.15 Å². The van der Waals surface area contributed by atoms with Crippen LogP contribution in [0.4, 0.5) is 0 Å². The van der Waals surface area contributed by atoms with Crippen LogP contribution < -0.4 is 10.5 Å². The highest BCUT2D eigenvalue weighted by Crippen LogP contribution is 2.55. The number of ether oxygens (including phenoxy) is 1. The molecule has 0 saturated heterocycles. The summed E-state index contributed by atoms with van der Waals surface area (Å²) in [4.78, 5) is 0. The monoisotopic (exact) mass is 474 g/mol. The van der Waals surface area contributed by atoms with Gasteiger partial charge in [-0.3, -0.25) is 0 Å². The lowest BCUT2D eigenvalue weighted by atomic mass is 9.58. The molecule has 1 heterocycles. The molecule has 0 fully saturated rings. The summed E-state index contributed by atoms with van der Waals surface area (Å²) in [5.41, 5.74) is 5.71. The summed E-state index contributed by atoms with van der Waals surface area (Å²) in [6.07, 6.45) is 4.51. The number of allylic oxidation sites excluding steroid dienone is 4. The first kappa shape index (κ1) is 20.8. The molecule has 154 valence electrons. The van der Waals surface area contributed by atoms with Gasteiger partial charge in [-0.05, 0) is 61.1 Å². The zero-order valence-corrected chi connectivity index (χ0v) is 18.2. The summed E-state index contributed by atoms with van der Waals surface area (Å²) < 4.78 is 12.8. The van der Waals surface area contributed by atoms with Crippen molar-refractivity contribution in [2.24, 2.45) is 17.1 Å². The van der Waals surface area contributed by atoms with E-state index in [1.54, 1.807) is 12.1 Å². The van der Waals surface area contributed by atoms with Gasteiger partial charge in [0.25, 0.3) is 0 Å². The predicted octanol–water partition coefficient (Wildman–Crippen LogP) is 5.21. The van der Waals surface area contributed by atoms with Crippen LogP contribution in [0.2, 0.25) is 0 Å². The Balaban J connectivity index is 1.71. The Morgan fingerprint density at radius 1 is 1.19 bits per heavy atom. The van der Waals surface area contributed by atoms with Gasteiger partial charge in [0.05, 0.1) is 29.3 Å². The van der Waals surface area contributed by atoms with Crippen molar-refractivity contribution in [1.82, 2.24) is 0 Å². The number of furan rings is 1. The first-order chi connectivity index (χ1) is 15.0. The number of benzene rings is 1. The molecule has 0 bridgehead atoms. The smallest absolute Gasteiger partial charge is 0.194 e. The SMILES string of the molecule is N#CC1=C(N)C(C#N)(C#N)[C@H](c2ccc(COc3cccc(Br)c3)o2)[C@@H]2CCCC=C12. The van der Waals surface area contributed by atoms with Crippen LogP contribution in [0.15, 0.2) is 68.2 Å². The second kappa shape index (κ2) is 8.34. The van der Waals surface area contributed by atoms with E-state index in [1.165, 1.54) is 0 Å². The predicted molar refractivity (Wildman–Crippen MR) is 116 cm³/mol. The Bertz CT molecular complexity index is 1190. The number of hydrogen-bond acceptors (Lipinski definition) is 6. The highest BCUT2D eigenvalue weighted by Gasteiger charge is 2.55. The third-order valence-corrected chi connectivity index (χ3v) is 6.46. The van der Waals surface area contributed by atoms with Crippen LogP contribution in [0.25, 0.3) is 0 Å². The van der Waals surface area contributed by atoms with Crippen LogP contribution in [0, 0.1) is 45.3 Å². The molecular weight excluding hydrogens is 456 g/mol. The van der Waals surface area contributed by atoms with Gasteiger partial charge in [-0.1, -0.05) is 28.1 Å². The summed E-state index contributed by atoms with van der Waals surface area (Å²) in [5, 5.41) is 29.8. The number of nitriles is 3. The molecule has 0 radical (unpaired) electrons. The lowest BCUT2D eigenvalue weighted by molar-refractivity contribution is 0.238. The first-order valence-corrected chi connectivity index (χ1v) is 10.7. The van der Waals surface area contributed by atoms with Gasteiger partial charge in [0.15, 0.2) is 5.41 Å². The van der Waals surface area contributed by atoms with Crippen LogP contribution in [0.3, 0.4) is 0 Å². The standard InChI is InChI=1S/C24H19BrN4O2/c25-15-4-3-5-16(10-15)30-12-17-8-9-21(31-17)22-19-7-2-1-6-18(19)20(11-26)23(29)24(22,13-27)14-28/h3-6,8-10,19,22H,1-2,7,12,29H2/t19-,22+/m1/s1. The molecule has 0 saturated carbocycles. The van der Waals surface area contributed by atoms with Gasteiger partial charge >= 0.3 is 0 Å². The third kappa shape index (κ3) is 3.50. The van der Waals surface area contributed by atoms with E-state index >= 15 is 0 Å². The molecule has 7 heteroatoms. The number of fused-ring (bicyclic) bond motifs is 1. The van der Waals surface area contributed by atoms with Crippen molar-refractivity contribution >= 4 is 15.9 Å². The fraction of sp³-hybridized carbons (Fsp3) is 0.292. The van der Waals surface area contributed by atoms with E-state index in [2.05, 4.69) is 34.1 Å². The molecule has 0 amide bonds. The quantitative estimate of drug-likeness (QED) is 0.648. The maximum Gasteiger partial charge on any atom is 0.194 e. The molecule has 1 aromatic carbocycles. The molecule has 6 nitrogen and oxygen atoms in total. The largest absolute Gasteiger partial charge is 0.486 e. The fourth-order valence-electron chi connectivity index (χ4n) is 4.53. The van der Waals surface area contributed by atoms with E-state index in [-0.39, 0.29) is 23.8 Å². The van der Waals surface area contributed by atoms with Gasteiger partial charge in [0.2, 0.25) is 0 Å². The van der Waals surface area contributed by atoms with E-state index in [1.807, 2.05) is 30.3 Å². The Kier molecular flexibility index (Phi) is 5.59. The summed E-state index contributed by atoms with van der Waals surface area (Å²) in [6, 6.07) is 17.4. The maximum atomic E-state index is 10.0. The van der Waals surface area contributed by atoms with E-state index in [4.69, 9.17) is 14.9 Å². The van der Waals surface area contributed by atoms with Crippen molar-refractivity contribution in [1.29, 1.82) is 15.8 Å². The number of nitrogens with zero attached hydrogens (tertiary/aromatic N) is 3. The molecule has 0 spiro atoms. The number of halogens is 1. The number of nitrogens with two attached hydrogens (primary N) is 1. The molecule has 0 unspecified atom stereocenters. The zero-order chi connectivity index (χ0) is 22.0. The van der Waals surface area contributed by atoms with Crippen molar-refractivity contribution in [2.75, 3.05) is 0 Å². The van der Waals surface area contributed by atoms with Gasteiger partial charge in [0, 0.05) is 4.47 Å². The van der Waals surface area contributed by atoms with E-state index in [0.29, 0.717) is 17.3 Å². The van der Waals surface area contributed by atoms with Crippen molar-refractivity contribution in [3.8, 4) is 24.0 Å². The van der Waals surface area contributed by atoms with Gasteiger partial charge < -0.3 is 14.9 Å². The summed E-state index contributed by atoms with van der Waals surface area (Å²) in [5.74, 6) is 1.01. The average Bonchev–Trinajstić information content (AvgIpc) is 3.25. The van der Waals surface area contributed by atoms with E-state index in [0.717, 1.165) is 29.3 Å². The molecule has 2 aliphatic carbocycles. The Hall–Kier alpha value is -3.47. The minimum Gasteiger partial charge on any atom is -0.486 e. The second-order valence-electron chi connectivity index (χ2n) is 7.66. The topological polar surface area (TPSA) is 120 Å². The Morgan fingerprint density at radius 3 is 2.71 bits per heavy atom. The average molecular weight is 475 g/mol. The van der Waals surface area contributed by atoms with Crippen LogP contribution in [0.5, 0.6) is 5.75 Å². The van der Waals surface area contributed by atoms with Crippen molar-refractivity contribution in [3.05, 3.63) is 75.3 Å². The summed E-state index contributed by atoms with van der Waals surface area (Å²) in [7, 11) is 0. The molecule has 0 aliphatic heterocycles. The Morgan fingerprint density at radius 2 is 2.00 bits per heavy atom. The fourth-order valence-corrected chi connectivity index (χ4v) is 4.91. The molecule has 1 aromatic heterocycles. The normalized spacial score (nSPS) is 21.8. The van der Waals surface area contributed by atoms with E-state index < -0.39 is 11.3 Å². The summed E-state index contributed by atoms with van der Waals surface area (Å²) >= 11 is 3.41. The molecular formula is C24H19BrN4O2. The highest BCUT2D eigenvalue weighted by molar-refractivity contribution is 9.10. The lowest BCUT2D eigenvalue weighted by Crippen LogP contribution is -2.42. The first-order valence-electron chi connectivity index (χ1n) is 9.94. The molecule has 2 aromatic rings. The van der Waals surface area contributed by atoms with Crippen LogP contribution in [-0.2, 0) is 6.61 Å². The van der Waals surface area contributed by atoms with Crippen LogP contribution in [0.1, 0.15) is 36.7 Å². The Labute approximate surface area is 188 Å². The highest BCUT2D eigenvalue weighted by atomic mass is 79.9. The second-order valence-corrected chi connectivity index (χ2v) is 8.57. The summed E-state index contributed by atoms with van der Waals surface area (Å²) in [6.45, 7) is 0.206. The van der Waals surface area contributed by atoms with Crippen LogP contribution in [-0.4, -0.2) is 0 Å². The molecule has 4 rings (SSSR count). The zero-order valence-electron chi connectivity index (χ0n) is 16.6. The lowest BCUT2D eigenvalue weighted by Gasteiger charge is -2.42. The van der Waals surface area contributed by atoms with Crippen LogP contribution >= 0.6 is 15.9 Å². The third-order valence-electron chi connectivity index (χ3n) is 5.97. The molecule has 2 N–H and O–H groups in total. The molecule has 2 aliphatic rings. The van der Waals surface area contributed by atoms with Gasteiger partial charge in [-0.2, -0.15) is 15.8 Å². The maximum absolute atomic E-state index is 10.0. The number of rotatable bonds is 4. The van der Waals surface area contributed by atoms with Crippen molar-refractivity contribution in [2.45, 2.75) is 31.8 Å². The number of hydrogen-bond donors (Lipinski definition) is 1. The van der Waals surface area contributed by atoms with Crippen molar-refractivity contribution in [3.63, 3.8) is 0 Å². The minimum atomic E-state index is -1.66. The van der Waals surface area contributed by atoms with E-state index in [9.17, 15) is 15.8 Å². The minimum absolute atomic E-state index is 0.0118. The van der Waals surface area contributed by atoms with Gasteiger partial charge in [0.1, 0.15) is 29.9 Å².